The van der Waals surface area contributed by atoms with Crippen molar-refractivity contribution in [3.63, 3.8) is 0 Å². The van der Waals surface area contributed by atoms with E-state index in [0.29, 0.717) is 29.1 Å². The molecule has 7 nitrogen and oxygen atoms in total. The molecule has 0 radical (unpaired) electrons. The predicted molar refractivity (Wildman–Crippen MR) is 151 cm³/mol. The van der Waals surface area contributed by atoms with Crippen LogP contribution in [0.5, 0.6) is 5.75 Å². The molecule has 2 heterocycles. The van der Waals surface area contributed by atoms with E-state index < -0.39 is 6.04 Å². The summed E-state index contributed by atoms with van der Waals surface area (Å²) in [6, 6.07) is 25.5. The monoisotopic (exact) mass is 519 g/mol. The maximum atomic E-state index is 14.2. The number of hydrogen-bond acceptors (Lipinski definition) is 5. The van der Waals surface area contributed by atoms with Crippen LogP contribution >= 0.6 is 0 Å². The lowest BCUT2D eigenvalue weighted by Gasteiger charge is -2.35. The number of methoxy groups -OCH3 is 1. The number of aryl methyl sites for hydroxylation is 1. The van der Waals surface area contributed by atoms with Gasteiger partial charge in [0.2, 0.25) is 0 Å². The maximum absolute atomic E-state index is 14.2. The summed E-state index contributed by atoms with van der Waals surface area (Å²) in [4.78, 5) is 29.9. The SMILES string of the molecule is COc1ccccc1[C@@H]1C2=C(C[C@H](c3ccco3)CC2=O)Nc2ccccc2N1C(=O)Nc1ccc(C)cc1. The van der Waals surface area contributed by atoms with Gasteiger partial charge in [0.25, 0.3) is 0 Å². The highest BCUT2D eigenvalue weighted by molar-refractivity contribution is 6.09. The summed E-state index contributed by atoms with van der Waals surface area (Å²) in [5.74, 6) is 1.24. The molecule has 3 aromatic carbocycles. The van der Waals surface area contributed by atoms with E-state index in [4.69, 9.17) is 9.15 Å². The zero-order valence-electron chi connectivity index (χ0n) is 21.8. The van der Waals surface area contributed by atoms with Crippen LogP contribution in [0.1, 0.15) is 41.7 Å². The first-order valence-electron chi connectivity index (χ1n) is 13.0. The number of furan rings is 1. The van der Waals surface area contributed by atoms with Crippen molar-refractivity contribution < 1.29 is 18.7 Å². The van der Waals surface area contributed by atoms with Crippen molar-refractivity contribution in [3.8, 4) is 5.75 Å². The van der Waals surface area contributed by atoms with E-state index in [1.165, 1.54) is 0 Å². The van der Waals surface area contributed by atoms with Gasteiger partial charge in [0.05, 0.1) is 30.8 Å². The second-order valence-electron chi connectivity index (χ2n) is 9.89. The van der Waals surface area contributed by atoms with Gasteiger partial charge in [-0.25, -0.2) is 4.79 Å². The molecule has 2 N–H and O–H groups in total. The molecule has 196 valence electrons. The van der Waals surface area contributed by atoms with Crippen LogP contribution in [0.2, 0.25) is 0 Å². The van der Waals surface area contributed by atoms with Gasteiger partial charge in [0.15, 0.2) is 5.78 Å². The first kappa shape index (κ1) is 24.6. The predicted octanol–water partition coefficient (Wildman–Crippen LogP) is 7.20. The normalized spacial score (nSPS) is 18.5. The summed E-state index contributed by atoms with van der Waals surface area (Å²) >= 11 is 0. The average Bonchev–Trinajstić information content (AvgIpc) is 3.44. The molecule has 2 aliphatic rings. The molecule has 0 saturated heterocycles. The Morgan fingerprint density at radius 1 is 0.974 bits per heavy atom. The van der Waals surface area contributed by atoms with E-state index in [-0.39, 0.29) is 24.2 Å². The molecule has 1 aliphatic heterocycles. The summed E-state index contributed by atoms with van der Waals surface area (Å²) in [6.07, 6.45) is 2.49. The highest BCUT2D eigenvalue weighted by Crippen LogP contribution is 2.49. The van der Waals surface area contributed by atoms with Gasteiger partial charge in [-0.2, -0.15) is 0 Å². The zero-order valence-corrected chi connectivity index (χ0v) is 21.8. The summed E-state index contributed by atoms with van der Waals surface area (Å²) < 4.78 is 11.4. The summed E-state index contributed by atoms with van der Waals surface area (Å²) in [7, 11) is 1.60. The second kappa shape index (κ2) is 10.2. The van der Waals surface area contributed by atoms with E-state index in [1.807, 2.05) is 91.9 Å². The maximum Gasteiger partial charge on any atom is 0.327 e. The molecule has 2 atom stereocenters. The number of ketones is 1. The fourth-order valence-corrected chi connectivity index (χ4v) is 5.55. The van der Waals surface area contributed by atoms with Gasteiger partial charge in [0.1, 0.15) is 11.5 Å². The summed E-state index contributed by atoms with van der Waals surface area (Å²) in [6.45, 7) is 2.00. The van der Waals surface area contributed by atoms with Gasteiger partial charge >= 0.3 is 6.03 Å². The van der Waals surface area contributed by atoms with Crippen molar-refractivity contribution in [2.45, 2.75) is 31.7 Å². The smallest absolute Gasteiger partial charge is 0.327 e. The molecule has 1 aromatic heterocycles. The Morgan fingerprint density at radius 3 is 2.51 bits per heavy atom. The first-order valence-corrected chi connectivity index (χ1v) is 13.0. The van der Waals surface area contributed by atoms with Gasteiger partial charge in [-0.1, -0.05) is 48.0 Å². The Bertz CT molecular complexity index is 1560. The molecule has 0 bridgehead atoms. The molecular formula is C32H29N3O4. The number of Topliss-reactive ketones (excluding diaryl/α,β-unsaturated/α-hetero) is 1. The Labute approximate surface area is 227 Å². The molecule has 0 unspecified atom stereocenters. The van der Waals surface area contributed by atoms with Crippen LogP contribution in [-0.2, 0) is 4.79 Å². The molecule has 0 fully saturated rings. The first-order chi connectivity index (χ1) is 19.0. The van der Waals surface area contributed by atoms with E-state index >= 15 is 0 Å². The number of carbonyl (C=O) groups excluding carboxylic acids is 2. The lowest BCUT2D eigenvalue weighted by Crippen LogP contribution is -2.41. The van der Waals surface area contributed by atoms with E-state index in [0.717, 1.165) is 28.3 Å². The number of nitrogens with one attached hydrogen (secondary N) is 2. The number of nitrogens with zero attached hydrogens (tertiary/aromatic N) is 1. The van der Waals surface area contributed by atoms with Crippen molar-refractivity contribution in [2.75, 3.05) is 22.6 Å². The third kappa shape index (κ3) is 4.56. The third-order valence-electron chi connectivity index (χ3n) is 7.39. The fourth-order valence-electron chi connectivity index (χ4n) is 5.55. The van der Waals surface area contributed by atoms with Crippen molar-refractivity contribution in [2.24, 2.45) is 0 Å². The van der Waals surface area contributed by atoms with Gasteiger partial charge < -0.3 is 19.8 Å². The van der Waals surface area contributed by atoms with E-state index in [1.54, 1.807) is 18.3 Å². The fraction of sp³-hybridized carbons (Fsp3) is 0.188. The number of anilines is 3. The minimum Gasteiger partial charge on any atom is -0.496 e. The van der Waals surface area contributed by atoms with Crippen LogP contribution in [0, 0.1) is 6.92 Å². The molecule has 4 aromatic rings. The number of carbonyl (C=O) groups is 2. The van der Waals surface area contributed by atoms with E-state index in [9.17, 15) is 9.59 Å². The van der Waals surface area contributed by atoms with Crippen LogP contribution in [-0.4, -0.2) is 18.9 Å². The summed E-state index contributed by atoms with van der Waals surface area (Å²) in [5.41, 5.74) is 5.23. The van der Waals surface area contributed by atoms with Gasteiger partial charge in [0, 0.05) is 34.9 Å². The number of ether oxygens (including phenoxy) is 1. The molecule has 1 aliphatic carbocycles. The van der Waals surface area contributed by atoms with Gasteiger partial charge in [-0.15, -0.1) is 0 Å². The van der Waals surface area contributed by atoms with E-state index in [2.05, 4.69) is 10.6 Å². The number of urea groups is 1. The number of amides is 2. The van der Waals surface area contributed by atoms with Crippen molar-refractivity contribution >= 4 is 28.9 Å². The molecule has 2 amide bonds. The lowest BCUT2D eigenvalue weighted by molar-refractivity contribution is -0.116. The number of hydrogen-bond donors (Lipinski definition) is 2. The molecule has 6 rings (SSSR count). The van der Waals surface area contributed by atoms with Gasteiger partial charge in [-0.05, 0) is 55.8 Å². The number of para-hydroxylation sites is 3. The topological polar surface area (TPSA) is 83.8 Å². The Morgan fingerprint density at radius 2 is 1.74 bits per heavy atom. The lowest BCUT2D eigenvalue weighted by atomic mass is 9.80. The van der Waals surface area contributed by atoms with Crippen LogP contribution in [0.4, 0.5) is 21.9 Å². The zero-order chi connectivity index (χ0) is 26.9. The number of benzene rings is 3. The Balaban J connectivity index is 1.54. The number of fused-ring (bicyclic) bond motifs is 1. The number of allylic oxidation sites excluding steroid dienone is 1. The standard InChI is InChI=1S/C32H29N3O4/c1-20-13-15-22(16-14-20)33-32(37)35-26-10-5-4-9-24(26)34-25-18-21(28-12-7-17-39-28)19-27(36)30(25)31(35)23-8-3-6-11-29(23)38-2/h3-17,21,31,34H,18-19H2,1-2H3,(H,33,37)/t21-,31+/m0/s1. The molecule has 39 heavy (non-hydrogen) atoms. The van der Waals surface area contributed by atoms with Crippen molar-refractivity contribution in [1.82, 2.24) is 0 Å². The van der Waals surface area contributed by atoms with Crippen molar-refractivity contribution in [1.29, 1.82) is 0 Å². The van der Waals surface area contributed by atoms with Crippen LogP contribution < -0.4 is 20.3 Å². The Kier molecular flexibility index (Phi) is 6.40. The summed E-state index contributed by atoms with van der Waals surface area (Å²) in [5, 5.41) is 6.59. The largest absolute Gasteiger partial charge is 0.496 e. The molecule has 0 saturated carbocycles. The highest BCUT2D eigenvalue weighted by Gasteiger charge is 2.43. The van der Waals surface area contributed by atoms with Crippen molar-refractivity contribution in [3.05, 3.63) is 119 Å². The quantitative estimate of drug-likeness (QED) is 0.298. The van der Waals surface area contributed by atoms with Crippen LogP contribution in [0.3, 0.4) is 0 Å². The minimum atomic E-state index is -0.720. The Hall–Kier alpha value is -4.78. The number of rotatable bonds is 4. The molecular weight excluding hydrogens is 490 g/mol. The van der Waals surface area contributed by atoms with Gasteiger partial charge in [-0.3, -0.25) is 9.69 Å². The highest BCUT2D eigenvalue weighted by atomic mass is 16.5. The second-order valence-corrected chi connectivity index (χ2v) is 9.89. The molecule has 7 heteroatoms. The average molecular weight is 520 g/mol. The molecule has 0 spiro atoms. The minimum absolute atomic E-state index is 0.0398. The third-order valence-corrected chi connectivity index (χ3v) is 7.39. The van der Waals surface area contributed by atoms with Crippen LogP contribution in [0.25, 0.3) is 0 Å². The van der Waals surface area contributed by atoms with Crippen LogP contribution in [0.15, 0.2) is 107 Å².